The molecule has 4 nitrogen and oxygen atoms in total. The molecular formula is C18H24N2O2. The second kappa shape index (κ2) is 6.42. The van der Waals surface area contributed by atoms with E-state index in [1.165, 1.54) is 19.3 Å². The number of carbonyl (C=O) groups excluding carboxylic acids is 1. The number of aryl methyl sites for hydroxylation is 1. The van der Waals surface area contributed by atoms with E-state index in [0.29, 0.717) is 12.5 Å². The van der Waals surface area contributed by atoms with Crippen molar-refractivity contribution in [2.75, 3.05) is 7.11 Å². The lowest BCUT2D eigenvalue weighted by Gasteiger charge is -2.22. The molecule has 4 heteroatoms. The van der Waals surface area contributed by atoms with E-state index in [9.17, 15) is 4.79 Å². The highest BCUT2D eigenvalue weighted by atomic mass is 16.5. The fourth-order valence-corrected chi connectivity index (χ4v) is 3.40. The van der Waals surface area contributed by atoms with Gasteiger partial charge in [-0.25, -0.2) is 0 Å². The van der Waals surface area contributed by atoms with Crippen LogP contribution < -0.4 is 10.1 Å². The van der Waals surface area contributed by atoms with E-state index >= 15 is 0 Å². The van der Waals surface area contributed by atoms with Crippen LogP contribution in [0.25, 0.3) is 10.9 Å². The van der Waals surface area contributed by atoms with Crippen molar-refractivity contribution in [3.8, 4) is 5.75 Å². The van der Waals surface area contributed by atoms with Gasteiger partial charge in [0, 0.05) is 22.6 Å². The third kappa shape index (κ3) is 3.11. The molecule has 0 unspecified atom stereocenters. The van der Waals surface area contributed by atoms with Crippen molar-refractivity contribution < 1.29 is 9.53 Å². The summed E-state index contributed by atoms with van der Waals surface area (Å²) < 4.78 is 5.30. The number of fused-ring (bicyclic) bond motifs is 1. The topological polar surface area (TPSA) is 54.1 Å². The molecule has 1 heterocycles. The molecule has 0 atom stereocenters. The zero-order valence-electron chi connectivity index (χ0n) is 13.4. The fraction of sp³-hybridized carbons (Fsp3) is 0.500. The first-order valence-electron chi connectivity index (χ1n) is 8.12. The van der Waals surface area contributed by atoms with E-state index in [4.69, 9.17) is 4.74 Å². The number of nitrogens with one attached hydrogen (secondary N) is 2. The first-order valence-corrected chi connectivity index (χ1v) is 8.12. The van der Waals surface area contributed by atoms with Crippen LogP contribution >= 0.6 is 0 Å². The van der Waals surface area contributed by atoms with E-state index in [1.807, 2.05) is 25.1 Å². The highest BCUT2D eigenvalue weighted by Crippen LogP contribution is 2.27. The van der Waals surface area contributed by atoms with Crippen molar-refractivity contribution in [2.45, 2.75) is 51.5 Å². The zero-order valence-corrected chi connectivity index (χ0v) is 13.4. The van der Waals surface area contributed by atoms with E-state index in [2.05, 4.69) is 10.3 Å². The molecule has 0 saturated heterocycles. The van der Waals surface area contributed by atoms with Gasteiger partial charge in [-0.3, -0.25) is 4.79 Å². The monoisotopic (exact) mass is 300 g/mol. The predicted octanol–water partition coefficient (Wildman–Crippen LogP) is 3.48. The molecule has 22 heavy (non-hydrogen) atoms. The van der Waals surface area contributed by atoms with Crippen molar-refractivity contribution in [3.05, 3.63) is 29.5 Å². The lowest BCUT2D eigenvalue weighted by atomic mass is 9.95. The fourth-order valence-electron chi connectivity index (χ4n) is 3.40. The van der Waals surface area contributed by atoms with E-state index in [-0.39, 0.29) is 5.91 Å². The molecule has 1 saturated carbocycles. The van der Waals surface area contributed by atoms with Crippen molar-refractivity contribution in [1.82, 2.24) is 10.3 Å². The molecule has 118 valence electrons. The third-order valence-electron chi connectivity index (χ3n) is 4.63. The molecule has 0 bridgehead atoms. The number of methoxy groups -OCH3 is 1. The van der Waals surface area contributed by atoms with Gasteiger partial charge in [0.25, 0.3) is 0 Å². The Labute approximate surface area is 131 Å². The summed E-state index contributed by atoms with van der Waals surface area (Å²) in [6.45, 7) is 2.02. The molecule has 1 aromatic carbocycles. The number of amides is 1. The summed E-state index contributed by atoms with van der Waals surface area (Å²) in [5.74, 6) is 0.944. The quantitative estimate of drug-likeness (QED) is 0.908. The van der Waals surface area contributed by atoms with Gasteiger partial charge in [0.2, 0.25) is 5.91 Å². The van der Waals surface area contributed by atoms with Gasteiger partial charge >= 0.3 is 0 Å². The number of aromatic nitrogens is 1. The first kappa shape index (κ1) is 14.9. The number of aromatic amines is 1. The van der Waals surface area contributed by atoms with E-state index in [1.54, 1.807) is 7.11 Å². The van der Waals surface area contributed by atoms with Crippen LogP contribution in [-0.4, -0.2) is 24.0 Å². The highest BCUT2D eigenvalue weighted by molar-refractivity contribution is 5.91. The minimum absolute atomic E-state index is 0.124. The maximum atomic E-state index is 12.4. The molecule has 1 fully saturated rings. The largest absolute Gasteiger partial charge is 0.497 e. The average molecular weight is 300 g/mol. The van der Waals surface area contributed by atoms with Gasteiger partial charge in [-0.1, -0.05) is 19.3 Å². The lowest BCUT2D eigenvalue weighted by molar-refractivity contribution is -0.121. The van der Waals surface area contributed by atoms with Crippen LogP contribution in [0.3, 0.4) is 0 Å². The Morgan fingerprint density at radius 3 is 2.82 bits per heavy atom. The molecule has 3 rings (SSSR count). The van der Waals surface area contributed by atoms with Crippen molar-refractivity contribution in [1.29, 1.82) is 0 Å². The van der Waals surface area contributed by atoms with Gasteiger partial charge in [-0.2, -0.15) is 0 Å². The number of benzene rings is 1. The summed E-state index contributed by atoms with van der Waals surface area (Å²) in [5, 5.41) is 4.27. The molecule has 2 aromatic rings. The smallest absolute Gasteiger partial charge is 0.224 e. The Hall–Kier alpha value is -1.97. The Kier molecular flexibility index (Phi) is 4.36. The molecular weight excluding hydrogens is 276 g/mol. The Morgan fingerprint density at radius 1 is 1.32 bits per heavy atom. The summed E-state index contributed by atoms with van der Waals surface area (Å²) in [7, 11) is 1.66. The summed E-state index contributed by atoms with van der Waals surface area (Å²) in [5.41, 5.74) is 3.18. The zero-order chi connectivity index (χ0) is 15.5. The first-order chi connectivity index (χ1) is 10.7. The highest BCUT2D eigenvalue weighted by Gasteiger charge is 2.18. The second-order valence-electron chi connectivity index (χ2n) is 6.22. The van der Waals surface area contributed by atoms with Crippen molar-refractivity contribution in [2.24, 2.45) is 0 Å². The summed E-state index contributed by atoms with van der Waals surface area (Å²) in [6, 6.07) is 6.30. The van der Waals surface area contributed by atoms with Crippen molar-refractivity contribution >= 4 is 16.8 Å². The van der Waals surface area contributed by atoms with Gasteiger partial charge in [-0.05, 0) is 43.5 Å². The molecule has 0 radical (unpaired) electrons. The maximum Gasteiger partial charge on any atom is 0.224 e. The van der Waals surface area contributed by atoms with Crippen LogP contribution in [-0.2, 0) is 11.2 Å². The SMILES string of the molecule is COc1ccc2[nH]c(C)c(CC(=O)NC3CCCCC3)c2c1. The van der Waals surface area contributed by atoms with E-state index < -0.39 is 0 Å². The number of rotatable bonds is 4. The standard InChI is InChI=1S/C18H24N2O2/c1-12-15(11-18(21)20-13-6-4-3-5-7-13)16-10-14(22-2)8-9-17(16)19-12/h8-10,13,19H,3-7,11H2,1-2H3,(H,20,21). The van der Waals surface area contributed by atoms with Crippen LogP contribution in [0.4, 0.5) is 0 Å². The molecule has 0 spiro atoms. The van der Waals surface area contributed by atoms with Gasteiger partial charge < -0.3 is 15.0 Å². The van der Waals surface area contributed by atoms with Crippen LogP contribution in [0, 0.1) is 6.92 Å². The number of carbonyl (C=O) groups is 1. The Balaban J connectivity index is 1.77. The average Bonchev–Trinajstić information content (AvgIpc) is 2.83. The molecule has 0 aliphatic heterocycles. The molecule has 1 amide bonds. The predicted molar refractivity (Wildman–Crippen MR) is 88.3 cm³/mol. The molecule has 1 aliphatic rings. The minimum Gasteiger partial charge on any atom is -0.497 e. The minimum atomic E-state index is 0.124. The van der Waals surface area contributed by atoms with Gasteiger partial charge in [0.15, 0.2) is 0 Å². The van der Waals surface area contributed by atoms with Crippen LogP contribution in [0.15, 0.2) is 18.2 Å². The van der Waals surface area contributed by atoms with Gasteiger partial charge in [-0.15, -0.1) is 0 Å². The van der Waals surface area contributed by atoms with E-state index in [0.717, 1.165) is 40.8 Å². The summed E-state index contributed by atoms with van der Waals surface area (Å²) in [6.07, 6.45) is 6.42. The second-order valence-corrected chi connectivity index (χ2v) is 6.22. The number of hydrogen-bond donors (Lipinski definition) is 2. The lowest BCUT2D eigenvalue weighted by Crippen LogP contribution is -2.37. The summed E-state index contributed by atoms with van der Waals surface area (Å²) in [4.78, 5) is 15.7. The molecule has 1 aliphatic carbocycles. The van der Waals surface area contributed by atoms with Crippen LogP contribution in [0.5, 0.6) is 5.75 Å². The summed E-state index contributed by atoms with van der Waals surface area (Å²) >= 11 is 0. The normalized spacial score (nSPS) is 15.9. The van der Waals surface area contributed by atoms with Crippen molar-refractivity contribution in [3.63, 3.8) is 0 Å². The molecule has 1 aromatic heterocycles. The van der Waals surface area contributed by atoms with Gasteiger partial charge in [0.1, 0.15) is 5.75 Å². The Bertz CT molecular complexity index is 669. The van der Waals surface area contributed by atoms with Crippen LogP contribution in [0.1, 0.15) is 43.4 Å². The maximum absolute atomic E-state index is 12.4. The number of ether oxygens (including phenoxy) is 1. The number of H-pyrrole nitrogens is 1. The van der Waals surface area contributed by atoms with Crippen LogP contribution in [0.2, 0.25) is 0 Å². The molecule has 2 N–H and O–H groups in total. The van der Waals surface area contributed by atoms with Gasteiger partial charge in [0.05, 0.1) is 13.5 Å². The number of hydrogen-bond acceptors (Lipinski definition) is 2. The third-order valence-corrected chi connectivity index (χ3v) is 4.63. The Morgan fingerprint density at radius 2 is 2.09 bits per heavy atom.